The second-order valence-electron chi connectivity index (χ2n) is 3.80. The van der Waals surface area contributed by atoms with Crippen LogP contribution in [0.1, 0.15) is 16.1 Å². The Hall–Kier alpha value is -2.77. The lowest BCUT2D eigenvalue weighted by molar-refractivity contribution is -0.387. The minimum atomic E-state index is -1.20. The maximum atomic E-state index is 13.5. The van der Waals surface area contributed by atoms with Crippen LogP contribution in [-0.2, 0) is 0 Å². The zero-order valence-electron chi connectivity index (χ0n) is 9.70. The van der Waals surface area contributed by atoms with Crippen LogP contribution in [-0.4, -0.2) is 25.8 Å². The van der Waals surface area contributed by atoms with Gasteiger partial charge in [-0.1, -0.05) is 0 Å². The summed E-state index contributed by atoms with van der Waals surface area (Å²) in [5.41, 5.74) is -0.185. The molecule has 0 spiro atoms. The number of hydrogen-bond donors (Lipinski definition) is 1. The van der Waals surface area contributed by atoms with Crippen molar-refractivity contribution >= 4 is 11.7 Å². The summed E-state index contributed by atoms with van der Waals surface area (Å²) in [6.45, 7) is 1.55. The van der Waals surface area contributed by atoms with E-state index in [-0.39, 0.29) is 11.4 Å². The summed E-state index contributed by atoms with van der Waals surface area (Å²) in [5, 5.41) is 23.1. The molecule has 0 saturated carbocycles. The maximum absolute atomic E-state index is 13.5. The summed E-state index contributed by atoms with van der Waals surface area (Å²) in [5.74, 6) is -2.20. The summed E-state index contributed by atoms with van der Waals surface area (Å²) < 4.78 is 14.6. The molecule has 98 valence electrons. The molecule has 0 fully saturated rings. The summed E-state index contributed by atoms with van der Waals surface area (Å²) in [6.07, 6.45) is 1.41. The number of halogens is 1. The fourth-order valence-corrected chi connectivity index (χ4v) is 1.59. The molecular weight excluding hydrogens is 257 g/mol. The van der Waals surface area contributed by atoms with Gasteiger partial charge in [-0.05, 0) is 13.0 Å². The Labute approximate surface area is 106 Å². The lowest BCUT2D eigenvalue weighted by Gasteiger charge is -2.01. The van der Waals surface area contributed by atoms with Crippen LogP contribution in [0.5, 0.6) is 0 Å². The predicted octanol–water partition coefficient (Wildman–Crippen LogP) is 1.93. The highest BCUT2D eigenvalue weighted by Crippen LogP contribution is 2.20. The smallest absolute Gasteiger partial charge is 0.356 e. The number of nitro groups is 1. The first-order valence-electron chi connectivity index (χ1n) is 5.14. The summed E-state index contributed by atoms with van der Waals surface area (Å²) in [4.78, 5) is 20.5. The number of nitro benzene ring substituents is 1. The number of carboxylic acids is 1. The highest BCUT2D eigenvalue weighted by atomic mass is 19.1. The molecule has 0 aliphatic carbocycles. The SMILES string of the molecule is Cc1cn(-c2ccc([N+](=O)[O-])c(F)c2)nc1C(=O)O. The average molecular weight is 265 g/mol. The Morgan fingerprint density at radius 1 is 1.53 bits per heavy atom. The van der Waals surface area contributed by atoms with Crippen LogP contribution < -0.4 is 0 Å². The van der Waals surface area contributed by atoms with E-state index in [0.29, 0.717) is 5.56 Å². The van der Waals surface area contributed by atoms with E-state index < -0.39 is 22.4 Å². The molecule has 0 radical (unpaired) electrons. The Morgan fingerprint density at radius 2 is 2.21 bits per heavy atom. The molecule has 0 bridgehead atoms. The first kappa shape index (κ1) is 12.7. The third-order valence-corrected chi connectivity index (χ3v) is 2.49. The topological polar surface area (TPSA) is 98.3 Å². The number of nitrogens with zero attached hydrogens (tertiary/aromatic N) is 3. The van der Waals surface area contributed by atoms with Gasteiger partial charge < -0.3 is 5.11 Å². The number of aromatic carboxylic acids is 1. The molecule has 1 heterocycles. The van der Waals surface area contributed by atoms with Crippen molar-refractivity contribution in [2.75, 3.05) is 0 Å². The first-order chi connectivity index (χ1) is 8.90. The molecule has 0 aliphatic heterocycles. The minimum Gasteiger partial charge on any atom is -0.476 e. The number of hydrogen-bond acceptors (Lipinski definition) is 4. The van der Waals surface area contributed by atoms with E-state index in [2.05, 4.69) is 5.10 Å². The number of rotatable bonds is 3. The van der Waals surface area contributed by atoms with E-state index in [9.17, 15) is 19.3 Å². The summed E-state index contributed by atoms with van der Waals surface area (Å²) in [6, 6.07) is 3.22. The van der Waals surface area contributed by atoms with Gasteiger partial charge in [-0.25, -0.2) is 9.48 Å². The molecule has 0 saturated heterocycles. The van der Waals surface area contributed by atoms with Crippen molar-refractivity contribution in [3.63, 3.8) is 0 Å². The van der Waals surface area contributed by atoms with Gasteiger partial charge in [0.15, 0.2) is 5.69 Å². The normalized spacial score (nSPS) is 10.4. The molecule has 8 heteroatoms. The largest absolute Gasteiger partial charge is 0.476 e. The molecule has 19 heavy (non-hydrogen) atoms. The predicted molar refractivity (Wildman–Crippen MR) is 61.9 cm³/mol. The van der Waals surface area contributed by atoms with E-state index in [4.69, 9.17) is 5.11 Å². The van der Waals surface area contributed by atoms with Crippen LogP contribution in [0.3, 0.4) is 0 Å². The first-order valence-corrected chi connectivity index (χ1v) is 5.14. The Balaban J connectivity index is 2.48. The second-order valence-corrected chi connectivity index (χ2v) is 3.80. The third-order valence-electron chi connectivity index (χ3n) is 2.49. The zero-order valence-corrected chi connectivity index (χ0v) is 9.70. The van der Waals surface area contributed by atoms with Gasteiger partial charge in [-0.3, -0.25) is 10.1 Å². The molecular formula is C11H8FN3O4. The Morgan fingerprint density at radius 3 is 2.68 bits per heavy atom. The van der Waals surface area contributed by atoms with Crippen LogP contribution >= 0.6 is 0 Å². The quantitative estimate of drug-likeness (QED) is 0.675. The highest BCUT2D eigenvalue weighted by Gasteiger charge is 2.17. The van der Waals surface area contributed by atoms with Gasteiger partial charge in [0.1, 0.15) is 0 Å². The number of aromatic nitrogens is 2. The van der Waals surface area contributed by atoms with Gasteiger partial charge in [0.05, 0.1) is 10.6 Å². The Bertz CT molecular complexity index is 681. The molecule has 0 atom stereocenters. The molecule has 1 aromatic heterocycles. The standard InChI is InChI=1S/C11H8FN3O4/c1-6-5-14(13-10(6)11(16)17)7-2-3-9(15(18)19)8(12)4-7/h2-5H,1H3,(H,16,17). The number of aryl methyl sites for hydroxylation is 1. The van der Waals surface area contributed by atoms with E-state index in [1.54, 1.807) is 6.92 Å². The van der Waals surface area contributed by atoms with E-state index in [0.717, 1.165) is 16.8 Å². The molecule has 0 unspecified atom stereocenters. The number of carbonyl (C=O) groups is 1. The zero-order chi connectivity index (χ0) is 14.2. The maximum Gasteiger partial charge on any atom is 0.356 e. The summed E-state index contributed by atoms with van der Waals surface area (Å²) in [7, 11) is 0. The van der Waals surface area contributed by atoms with Gasteiger partial charge in [0, 0.05) is 23.9 Å². The lowest BCUT2D eigenvalue weighted by Crippen LogP contribution is -2.02. The fourth-order valence-electron chi connectivity index (χ4n) is 1.59. The van der Waals surface area contributed by atoms with Crippen molar-refractivity contribution in [1.29, 1.82) is 0 Å². The molecule has 2 rings (SSSR count). The van der Waals surface area contributed by atoms with E-state index in [1.165, 1.54) is 12.3 Å². The van der Waals surface area contributed by atoms with E-state index in [1.807, 2.05) is 0 Å². The van der Waals surface area contributed by atoms with Crippen molar-refractivity contribution in [2.24, 2.45) is 0 Å². The fraction of sp³-hybridized carbons (Fsp3) is 0.0909. The average Bonchev–Trinajstić information content (AvgIpc) is 2.70. The van der Waals surface area contributed by atoms with Crippen molar-refractivity contribution in [2.45, 2.75) is 6.92 Å². The third kappa shape index (κ3) is 2.28. The molecule has 7 nitrogen and oxygen atoms in total. The van der Waals surface area contributed by atoms with Gasteiger partial charge in [0.25, 0.3) is 0 Å². The van der Waals surface area contributed by atoms with Crippen molar-refractivity contribution < 1.29 is 19.2 Å². The van der Waals surface area contributed by atoms with Crippen LogP contribution in [0.25, 0.3) is 5.69 Å². The minimum absolute atomic E-state index is 0.154. The van der Waals surface area contributed by atoms with Crippen molar-refractivity contribution in [3.8, 4) is 5.69 Å². The van der Waals surface area contributed by atoms with E-state index >= 15 is 0 Å². The molecule has 1 aromatic carbocycles. The molecule has 2 aromatic rings. The molecule has 1 N–H and O–H groups in total. The Kier molecular flexibility index (Phi) is 2.99. The van der Waals surface area contributed by atoms with Gasteiger partial charge >= 0.3 is 11.7 Å². The molecule has 0 amide bonds. The van der Waals surface area contributed by atoms with Crippen molar-refractivity contribution in [3.05, 3.63) is 51.6 Å². The van der Waals surface area contributed by atoms with Crippen LogP contribution in [0.15, 0.2) is 24.4 Å². The van der Waals surface area contributed by atoms with Crippen LogP contribution in [0.4, 0.5) is 10.1 Å². The monoisotopic (exact) mass is 265 g/mol. The number of benzene rings is 1. The van der Waals surface area contributed by atoms with Crippen LogP contribution in [0, 0.1) is 22.9 Å². The summed E-state index contributed by atoms with van der Waals surface area (Å²) >= 11 is 0. The number of carboxylic acid groups (broad SMARTS) is 1. The second kappa shape index (κ2) is 4.48. The highest BCUT2D eigenvalue weighted by molar-refractivity contribution is 5.86. The van der Waals surface area contributed by atoms with Gasteiger partial charge in [0.2, 0.25) is 5.82 Å². The molecule has 0 aliphatic rings. The lowest BCUT2D eigenvalue weighted by atomic mass is 10.2. The van der Waals surface area contributed by atoms with Gasteiger partial charge in [-0.2, -0.15) is 9.49 Å². The van der Waals surface area contributed by atoms with Crippen molar-refractivity contribution in [1.82, 2.24) is 9.78 Å². The van der Waals surface area contributed by atoms with Crippen LogP contribution in [0.2, 0.25) is 0 Å². The van der Waals surface area contributed by atoms with Gasteiger partial charge in [-0.15, -0.1) is 0 Å².